The molecule has 0 aliphatic carbocycles. The van der Waals surface area contributed by atoms with Crippen molar-refractivity contribution >= 4 is 40.2 Å². The molecule has 1 aromatic rings. The molecule has 2 aliphatic heterocycles. The lowest BCUT2D eigenvalue weighted by atomic mass is 9.87. The summed E-state index contributed by atoms with van der Waals surface area (Å²) in [6.07, 6.45) is 4.94. The van der Waals surface area contributed by atoms with E-state index in [1.54, 1.807) is 0 Å². The molecule has 1 unspecified atom stereocenters. The number of nitrogens with zero attached hydrogens (tertiary/aromatic N) is 2. The number of hydrogen-bond donors (Lipinski definition) is 0. The van der Waals surface area contributed by atoms with E-state index in [1.807, 2.05) is 19.9 Å². The molecule has 3 rings (SSSR count). The molecule has 0 bridgehead atoms. The van der Waals surface area contributed by atoms with Crippen molar-refractivity contribution in [2.24, 2.45) is 0 Å². The highest BCUT2D eigenvalue weighted by Crippen LogP contribution is 2.41. The number of aryl methyl sites for hydroxylation is 1. The molecule has 1 atom stereocenters. The van der Waals surface area contributed by atoms with Crippen molar-refractivity contribution in [2.75, 3.05) is 11.4 Å². The Balaban J connectivity index is 2.05. The fraction of sp³-hybridized carbons (Fsp3) is 0.478. The summed E-state index contributed by atoms with van der Waals surface area (Å²) in [5, 5.41) is -0.170. The van der Waals surface area contributed by atoms with Crippen LogP contribution in [0.25, 0.3) is 11.6 Å². The van der Waals surface area contributed by atoms with Crippen LogP contribution in [0.15, 0.2) is 23.1 Å². The van der Waals surface area contributed by atoms with Crippen LogP contribution >= 0.6 is 11.8 Å². The lowest BCUT2D eigenvalue weighted by Crippen LogP contribution is -2.44. The second-order valence-corrected chi connectivity index (χ2v) is 9.25. The van der Waals surface area contributed by atoms with E-state index < -0.39 is 0 Å². The zero-order chi connectivity index (χ0) is 20.8. The molecule has 1 saturated heterocycles. The molecule has 2 amide bonds. The van der Waals surface area contributed by atoms with Gasteiger partial charge in [-0.2, -0.15) is 0 Å². The Morgan fingerprint density at radius 3 is 2.46 bits per heavy atom. The Morgan fingerprint density at radius 2 is 1.86 bits per heavy atom. The van der Waals surface area contributed by atoms with E-state index in [0.717, 1.165) is 35.9 Å². The summed E-state index contributed by atoms with van der Waals surface area (Å²) < 4.78 is 0. The maximum Gasteiger partial charge on any atom is 0.293 e. The van der Waals surface area contributed by atoms with Crippen LogP contribution in [0.1, 0.15) is 64.7 Å². The number of likely N-dealkylation sites (N-methyl/N-ethyl adjacent to an activating group) is 1. The number of benzene rings is 1. The van der Waals surface area contributed by atoms with Gasteiger partial charge in [0.25, 0.3) is 11.1 Å². The Labute approximate surface area is 172 Å². The van der Waals surface area contributed by atoms with Crippen molar-refractivity contribution in [3.63, 3.8) is 0 Å². The van der Waals surface area contributed by atoms with Crippen LogP contribution in [-0.2, 0) is 4.79 Å². The van der Waals surface area contributed by atoms with E-state index in [4.69, 9.17) is 0 Å². The number of hydrogen-bond acceptors (Lipinski definition) is 4. The van der Waals surface area contributed by atoms with Gasteiger partial charge in [0.15, 0.2) is 0 Å². The predicted octanol–water partition coefficient (Wildman–Crippen LogP) is 5.85. The molecule has 4 nitrogen and oxygen atoms in total. The first kappa shape index (κ1) is 20.7. The summed E-state index contributed by atoms with van der Waals surface area (Å²) in [6, 6.07) is 4.29. The van der Waals surface area contributed by atoms with Gasteiger partial charge in [-0.05, 0) is 94.6 Å². The fourth-order valence-corrected chi connectivity index (χ4v) is 5.08. The first-order valence-electron chi connectivity index (χ1n) is 9.99. The fourth-order valence-electron chi connectivity index (χ4n) is 4.16. The molecule has 28 heavy (non-hydrogen) atoms. The van der Waals surface area contributed by atoms with Gasteiger partial charge in [-0.25, -0.2) is 0 Å². The molecular formula is C23H30N2O2S. The van der Waals surface area contributed by atoms with Gasteiger partial charge in [0.05, 0.1) is 10.4 Å². The average molecular weight is 399 g/mol. The topological polar surface area (TPSA) is 40.6 Å². The minimum atomic E-state index is -0.176. The molecule has 2 aliphatic rings. The van der Waals surface area contributed by atoms with Gasteiger partial charge < -0.3 is 4.90 Å². The van der Waals surface area contributed by atoms with Crippen LogP contribution in [0.4, 0.5) is 10.5 Å². The van der Waals surface area contributed by atoms with Crippen LogP contribution in [0.2, 0.25) is 0 Å². The monoisotopic (exact) mass is 398 g/mol. The first-order chi connectivity index (χ1) is 13.1. The third-order valence-electron chi connectivity index (χ3n) is 5.82. The molecule has 0 radical (unpaired) electrons. The van der Waals surface area contributed by atoms with Crippen LogP contribution in [-0.4, -0.2) is 34.2 Å². The van der Waals surface area contributed by atoms with E-state index in [9.17, 15) is 9.59 Å². The van der Waals surface area contributed by atoms with Gasteiger partial charge in [0.1, 0.15) is 0 Å². The van der Waals surface area contributed by atoms with Crippen molar-refractivity contribution in [3.8, 4) is 0 Å². The average Bonchev–Trinajstić information content (AvgIpc) is 2.89. The molecular weight excluding hydrogens is 368 g/mol. The number of anilines is 1. The lowest BCUT2D eigenvalue weighted by molar-refractivity contribution is -0.124. The van der Waals surface area contributed by atoms with Crippen LogP contribution in [0, 0.1) is 6.92 Å². The summed E-state index contributed by atoms with van der Waals surface area (Å²) in [5.41, 5.74) is 5.75. The molecule has 2 heterocycles. The first-order valence-corrected chi connectivity index (χ1v) is 10.8. The summed E-state index contributed by atoms with van der Waals surface area (Å²) in [7, 11) is 0. The molecule has 1 fully saturated rings. The SMILES string of the molecule is CCC(C)N1C(=O)S/C(=C\c2cc3c(cc2C)N(CC)C(C)(C)C=C3C)C1=O. The van der Waals surface area contributed by atoms with Gasteiger partial charge in [0, 0.05) is 23.8 Å². The summed E-state index contributed by atoms with van der Waals surface area (Å²) >= 11 is 1.05. The van der Waals surface area contributed by atoms with Gasteiger partial charge >= 0.3 is 0 Å². The smallest absolute Gasteiger partial charge is 0.293 e. The lowest BCUT2D eigenvalue weighted by Gasteiger charge is -2.43. The van der Waals surface area contributed by atoms with Crippen LogP contribution < -0.4 is 4.90 Å². The normalized spacial score (nSPS) is 21.2. The summed E-state index contributed by atoms with van der Waals surface area (Å²) in [6.45, 7) is 15.7. The number of fused-ring (bicyclic) bond motifs is 1. The van der Waals surface area contributed by atoms with Crippen LogP contribution in [0.3, 0.4) is 0 Å². The molecule has 0 saturated carbocycles. The van der Waals surface area contributed by atoms with Crippen molar-refractivity contribution in [2.45, 2.75) is 66.5 Å². The van der Waals surface area contributed by atoms with Gasteiger partial charge in [-0.15, -0.1) is 0 Å². The molecule has 0 N–H and O–H groups in total. The number of rotatable bonds is 4. The predicted molar refractivity (Wildman–Crippen MR) is 119 cm³/mol. The molecule has 0 aromatic heterocycles. The maximum atomic E-state index is 12.8. The Bertz CT molecular complexity index is 898. The van der Waals surface area contributed by atoms with E-state index in [-0.39, 0.29) is 22.7 Å². The molecule has 0 spiro atoms. The minimum Gasteiger partial charge on any atom is -0.363 e. The Kier molecular flexibility index (Phi) is 5.50. The van der Waals surface area contributed by atoms with E-state index in [0.29, 0.717) is 4.91 Å². The zero-order valence-electron chi connectivity index (χ0n) is 17.9. The number of allylic oxidation sites excluding steroid dienone is 1. The maximum absolute atomic E-state index is 12.8. The Morgan fingerprint density at radius 1 is 1.18 bits per heavy atom. The number of carbonyl (C=O) groups is 2. The minimum absolute atomic E-state index is 0.0290. The second kappa shape index (κ2) is 7.43. The van der Waals surface area contributed by atoms with Gasteiger partial charge in [-0.3, -0.25) is 14.5 Å². The zero-order valence-corrected chi connectivity index (χ0v) is 18.7. The standard InChI is InChI=1S/C23H30N2O2S/c1-8-16(5)25-21(26)20(28-22(25)27)12-17-11-18-15(4)13-23(6,7)24(9-2)19(18)10-14(17)3/h10-13,16H,8-9H2,1-7H3/b20-12-. The highest BCUT2D eigenvalue weighted by Gasteiger charge is 2.38. The molecule has 5 heteroatoms. The number of thioether (sulfide) groups is 1. The van der Waals surface area contributed by atoms with E-state index >= 15 is 0 Å². The van der Waals surface area contributed by atoms with Crippen molar-refractivity contribution in [1.29, 1.82) is 0 Å². The summed E-state index contributed by atoms with van der Waals surface area (Å²) in [5.74, 6) is -0.176. The highest BCUT2D eigenvalue weighted by atomic mass is 32.2. The van der Waals surface area contributed by atoms with E-state index in [2.05, 4.69) is 57.7 Å². The number of imide groups is 1. The number of carbonyl (C=O) groups excluding carboxylic acids is 2. The van der Waals surface area contributed by atoms with Crippen molar-refractivity contribution in [3.05, 3.63) is 39.8 Å². The summed E-state index contributed by atoms with van der Waals surface area (Å²) in [4.78, 5) is 29.4. The highest BCUT2D eigenvalue weighted by molar-refractivity contribution is 8.18. The molecule has 1 aromatic carbocycles. The van der Waals surface area contributed by atoms with Crippen molar-refractivity contribution in [1.82, 2.24) is 4.90 Å². The quantitative estimate of drug-likeness (QED) is 0.596. The third kappa shape index (κ3) is 3.41. The van der Waals surface area contributed by atoms with Crippen molar-refractivity contribution < 1.29 is 9.59 Å². The van der Waals surface area contributed by atoms with Gasteiger partial charge in [0.2, 0.25) is 0 Å². The Hall–Kier alpha value is -2.01. The van der Waals surface area contributed by atoms with Crippen LogP contribution in [0.5, 0.6) is 0 Å². The third-order valence-corrected chi connectivity index (χ3v) is 6.71. The number of amides is 2. The largest absolute Gasteiger partial charge is 0.363 e. The van der Waals surface area contributed by atoms with Gasteiger partial charge in [-0.1, -0.05) is 13.0 Å². The molecule has 150 valence electrons. The second-order valence-electron chi connectivity index (χ2n) is 8.26. The van der Waals surface area contributed by atoms with E-state index in [1.165, 1.54) is 21.7 Å².